The third-order valence-corrected chi connectivity index (χ3v) is 2.96. The average molecular weight is 259 g/mol. The van der Waals surface area contributed by atoms with Gasteiger partial charge < -0.3 is 10.2 Å². The summed E-state index contributed by atoms with van der Waals surface area (Å²) in [4.78, 5) is 6.33. The molecule has 0 spiro atoms. The quantitative estimate of drug-likeness (QED) is 0.894. The van der Waals surface area contributed by atoms with Crippen LogP contribution >= 0.6 is 0 Å². The fraction of sp³-hybridized carbons (Fsp3) is 0.267. The SMILES string of the molecule is CCNCc1cc(N(C)c2ccc(F)cc2)ccn1. The van der Waals surface area contributed by atoms with Gasteiger partial charge >= 0.3 is 0 Å². The van der Waals surface area contributed by atoms with Crippen molar-refractivity contribution in [2.75, 3.05) is 18.5 Å². The van der Waals surface area contributed by atoms with E-state index in [2.05, 4.69) is 17.2 Å². The number of anilines is 2. The molecule has 0 aliphatic carbocycles. The fourth-order valence-electron chi connectivity index (χ4n) is 1.84. The zero-order valence-corrected chi connectivity index (χ0v) is 11.2. The van der Waals surface area contributed by atoms with Crippen molar-refractivity contribution >= 4 is 11.4 Å². The number of benzene rings is 1. The minimum absolute atomic E-state index is 0.222. The van der Waals surface area contributed by atoms with Crippen LogP contribution in [-0.2, 0) is 6.54 Å². The number of halogens is 1. The lowest BCUT2D eigenvalue weighted by Crippen LogP contribution is -2.14. The van der Waals surface area contributed by atoms with E-state index in [1.165, 1.54) is 12.1 Å². The van der Waals surface area contributed by atoms with Crippen molar-refractivity contribution in [3.63, 3.8) is 0 Å². The van der Waals surface area contributed by atoms with Gasteiger partial charge in [-0.15, -0.1) is 0 Å². The number of pyridine rings is 1. The molecular weight excluding hydrogens is 241 g/mol. The van der Waals surface area contributed by atoms with E-state index in [4.69, 9.17) is 0 Å². The number of aromatic nitrogens is 1. The molecule has 0 aliphatic rings. The fourth-order valence-corrected chi connectivity index (χ4v) is 1.84. The molecule has 3 nitrogen and oxygen atoms in total. The minimum Gasteiger partial charge on any atom is -0.345 e. The molecule has 0 saturated carbocycles. The van der Waals surface area contributed by atoms with Crippen molar-refractivity contribution in [2.24, 2.45) is 0 Å². The molecule has 19 heavy (non-hydrogen) atoms. The molecule has 2 rings (SSSR count). The number of hydrogen-bond donors (Lipinski definition) is 1. The molecular formula is C15H18FN3. The molecule has 1 heterocycles. The summed E-state index contributed by atoms with van der Waals surface area (Å²) in [5.74, 6) is -0.222. The van der Waals surface area contributed by atoms with E-state index >= 15 is 0 Å². The third kappa shape index (κ3) is 3.51. The second-order valence-corrected chi connectivity index (χ2v) is 4.32. The van der Waals surface area contributed by atoms with Crippen LogP contribution in [0.3, 0.4) is 0 Å². The minimum atomic E-state index is -0.222. The van der Waals surface area contributed by atoms with Crippen molar-refractivity contribution in [3.8, 4) is 0 Å². The van der Waals surface area contributed by atoms with Gasteiger partial charge in [0.25, 0.3) is 0 Å². The van der Waals surface area contributed by atoms with Crippen molar-refractivity contribution in [2.45, 2.75) is 13.5 Å². The highest BCUT2D eigenvalue weighted by Gasteiger charge is 2.05. The van der Waals surface area contributed by atoms with Crippen LogP contribution in [-0.4, -0.2) is 18.6 Å². The Morgan fingerprint density at radius 3 is 2.58 bits per heavy atom. The van der Waals surface area contributed by atoms with Gasteiger partial charge in [0.15, 0.2) is 0 Å². The summed E-state index contributed by atoms with van der Waals surface area (Å²) in [5, 5.41) is 3.25. The van der Waals surface area contributed by atoms with Crippen LogP contribution in [0.15, 0.2) is 42.6 Å². The Morgan fingerprint density at radius 2 is 1.89 bits per heavy atom. The highest BCUT2D eigenvalue weighted by atomic mass is 19.1. The summed E-state index contributed by atoms with van der Waals surface area (Å²) >= 11 is 0. The Labute approximate surface area is 113 Å². The van der Waals surface area contributed by atoms with Gasteiger partial charge in [-0.2, -0.15) is 0 Å². The van der Waals surface area contributed by atoms with E-state index in [1.807, 2.05) is 24.1 Å². The number of rotatable bonds is 5. The first-order valence-electron chi connectivity index (χ1n) is 6.35. The predicted octanol–water partition coefficient (Wildman–Crippen LogP) is 3.10. The largest absolute Gasteiger partial charge is 0.345 e. The summed E-state index contributed by atoms with van der Waals surface area (Å²) in [5.41, 5.74) is 2.98. The van der Waals surface area contributed by atoms with E-state index in [-0.39, 0.29) is 5.82 Å². The lowest BCUT2D eigenvalue weighted by molar-refractivity contribution is 0.628. The molecule has 0 saturated heterocycles. The zero-order valence-electron chi connectivity index (χ0n) is 11.2. The smallest absolute Gasteiger partial charge is 0.123 e. The first-order valence-corrected chi connectivity index (χ1v) is 6.35. The van der Waals surface area contributed by atoms with Crippen LogP contribution < -0.4 is 10.2 Å². The van der Waals surface area contributed by atoms with Crippen LogP contribution in [0.25, 0.3) is 0 Å². The lowest BCUT2D eigenvalue weighted by atomic mass is 10.2. The molecule has 0 fully saturated rings. The van der Waals surface area contributed by atoms with Crippen molar-refractivity contribution in [1.29, 1.82) is 0 Å². The van der Waals surface area contributed by atoms with Crippen LogP contribution in [0.5, 0.6) is 0 Å². The Balaban J connectivity index is 2.18. The number of nitrogens with zero attached hydrogens (tertiary/aromatic N) is 2. The van der Waals surface area contributed by atoms with E-state index in [0.29, 0.717) is 0 Å². The number of hydrogen-bond acceptors (Lipinski definition) is 3. The topological polar surface area (TPSA) is 28.2 Å². The molecule has 4 heteroatoms. The van der Waals surface area contributed by atoms with Gasteiger partial charge in [-0.3, -0.25) is 4.98 Å². The molecule has 0 aliphatic heterocycles. The maximum Gasteiger partial charge on any atom is 0.123 e. The standard InChI is InChI=1S/C15H18FN3/c1-3-17-11-13-10-15(8-9-18-13)19(2)14-6-4-12(16)5-7-14/h4-10,17H,3,11H2,1-2H3. The molecule has 1 aromatic carbocycles. The monoisotopic (exact) mass is 259 g/mol. The second-order valence-electron chi connectivity index (χ2n) is 4.32. The van der Waals surface area contributed by atoms with E-state index in [0.717, 1.165) is 30.2 Å². The first-order chi connectivity index (χ1) is 9.20. The van der Waals surface area contributed by atoms with Crippen LogP contribution in [0, 0.1) is 5.82 Å². The van der Waals surface area contributed by atoms with Crippen LogP contribution in [0.4, 0.5) is 15.8 Å². The molecule has 0 amide bonds. The van der Waals surface area contributed by atoms with Gasteiger partial charge in [-0.25, -0.2) is 4.39 Å². The molecule has 0 bridgehead atoms. The second kappa shape index (κ2) is 6.29. The lowest BCUT2D eigenvalue weighted by Gasteiger charge is -2.20. The summed E-state index contributed by atoms with van der Waals surface area (Å²) in [6.45, 7) is 3.73. The normalized spacial score (nSPS) is 10.5. The molecule has 0 atom stereocenters. The Hall–Kier alpha value is -1.94. The van der Waals surface area contributed by atoms with Crippen molar-refractivity contribution in [3.05, 3.63) is 54.1 Å². The predicted molar refractivity (Wildman–Crippen MR) is 76.1 cm³/mol. The molecule has 2 aromatic rings. The summed E-state index contributed by atoms with van der Waals surface area (Å²) in [7, 11) is 1.96. The first kappa shape index (κ1) is 13.5. The van der Waals surface area contributed by atoms with Crippen molar-refractivity contribution < 1.29 is 4.39 Å². The van der Waals surface area contributed by atoms with E-state index < -0.39 is 0 Å². The molecule has 100 valence electrons. The van der Waals surface area contributed by atoms with Gasteiger partial charge in [-0.05, 0) is 42.9 Å². The highest BCUT2D eigenvalue weighted by Crippen LogP contribution is 2.23. The van der Waals surface area contributed by atoms with Crippen LogP contribution in [0.2, 0.25) is 0 Å². The molecule has 0 radical (unpaired) electrons. The van der Waals surface area contributed by atoms with E-state index in [1.54, 1.807) is 18.3 Å². The van der Waals surface area contributed by atoms with Gasteiger partial charge in [0.1, 0.15) is 5.82 Å². The molecule has 0 unspecified atom stereocenters. The van der Waals surface area contributed by atoms with Gasteiger partial charge in [-0.1, -0.05) is 6.92 Å². The third-order valence-electron chi connectivity index (χ3n) is 2.96. The summed E-state index contributed by atoms with van der Waals surface area (Å²) in [6, 6.07) is 10.4. The zero-order chi connectivity index (χ0) is 13.7. The average Bonchev–Trinajstić information content (AvgIpc) is 2.45. The van der Waals surface area contributed by atoms with Gasteiger partial charge in [0.05, 0.1) is 5.69 Å². The van der Waals surface area contributed by atoms with Crippen LogP contribution in [0.1, 0.15) is 12.6 Å². The Bertz CT molecular complexity index is 525. The Kier molecular flexibility index (Phi) is 4.47. The van der Waals surface area contributed by atoms with E-state index in [9.17, 15) is 4.39 Å². The maximum absolute atomic E-state index is 12.9. The van der Waals surface area contributed by atoms with Crippen molar-refractivity contribution in [1.82, 2.24) is 10.3 Å². The highest BCUT2D eigenvalue weighted by molar-refractivity contribution is 5.62. The molecule has 1 N–H and O–H groups in total. The van der Waals surface area contributed by atoms with Gasteiger partial charge in [0.2, 0.25) is 0 Å². The Morgan fingerprint density at radius 1 is 1.16 bits per heavy atom. The maximum atomic E-state index is 12.9. The summed E-state index contributed by atoms with van der Waals surface area (Å²) in [6.07, 6.45) is 1.79. The summed E-state index contributed by atoms with van der Waals surface area (Å²) < 4.78 is 12.9. The number of nitrogens with one attached hydrogen (secondary N) is 1. The van der Waals surface area contributed by atoms with Gasteiger partial charge in [0, 0.05) is 31.2 Å². The molecule has 1 aromatic heterocycles.